The van der Waals surface area contributed by atoms with E-state index >= 15 is 0 Å². The molecule has 0 heterocycles. The zero-order valence-electron chi connectivity index (χ0n) is 10.9. The Hall–Kier alpha value is -0.980. The van der Waals surface area contributed by atoms with E-state index in [4.69, 9.17) is 23.2 Å². The van der Waals surface area contributed by atoms with Gasteiger partial charge in [0.05, 0.1) is 10.0 Å². The highest BCUT2D eigenvalue weighted by atomic mass is 35.5. The molecule has 0 nitrogen and oxygen atoms in total. The normalized spacial score (nSPS) is 17.0. The van der Waals surface area contributed by atoms with Crippen molar-refractivity contribution >= 4 is 23.2 Å². The topological polar surface area (TPSA) is 0 Å². The molecule has 0 unspecified atom stereocenters. The summed E-state index contributed by atoms with van der Waals surface area (Å²) in [6.07, 6.45) is 3.65. The second kappa shape index (κ2) is 4.85. The van der Waals surface area contributed by atoms with Crippen LogP contribution < -0.4 is 0 Å². The second-order valence-electron chi connectivity index (χ2n) is 5.38. The molecule has 0 spiro atoms. The molecule has 0 N–H and O–H groups in total. The van der Waals surface area contributed by atoms with E-state index in [1.807, 2.05) is 12.1 Å². The molecule has 0 bridgehead atoms. The predicted molar refractivity (Wildman–Crippen MR) is 82.3 cm³/mol. The van der Waals surface area contributed by atoms with Crippen molar-refractivity contribution in [1.29, 1.82) is 0 Å². The second-order valence-corrected chi connectivity index (χ2v) is 6.19. The summed E-state index contributed by atoms with van der Waals surface area (Å²) in [7, 11) is 0. The summed E-state index contributed by atoms with van der Waals surface area (Å²) < 4.78 is 0. The molecule has 3 rings (SSSR count). The summed E-state index contributed by atoms with van der Waals surface area (Å²) in [6.45, 7) is 2.19. The number of aryl methyl sites for hydroxylation is 1. The van der Waals surface area contributed by atoms with E-state index in [0.29, 0.717) is 10.0 Å². The van der Waals surface area contributed by atoms with E-state index in [-0.39, 0.29) is 5.41 Å². The molecule has 1 fully saturated rings. The minimum atomic E-state index is 0.138. The van der Waals surface area contributed by atoms with Crippen molar-refractivity contribution in [3.8, 4) is 0 Å². The minimum absolute atomic E-state index is 0.138. The van der Waals surface area contributed by atoms with Crippen LogP contribution in [0.2, 0.25) is 10.0 Å². The van der Waals surface area contributed by atoms with Crippen LogP contribution in [0.5, 0.6) is 0 Å². The van der Waals surface area contributed by atoms with Crippen LogP contribution in [0.4, 0.5) is 0 Å². The highest BCUT2D eigenvalue weighted by molar-refractivity contribution is 6.42. The van der Waals surface area contributed by atoms with Crippen molar-refractivity contribution in [1.82, 2.24) is 0 Å². The summed E-state index contributed by atoms with van der Waals surface area (Å²) in [6, 6.07) is 14.7. The number of hydrogen-bond donors (Lipinski definition) is 0. The third-order valence-corrected chi connectivity index (χ3v) is 5.08. The van der Waals surface area contributed by atoms with Crippen molar-refractivity contribution in [2.24, 2.45) is 0 Å². The van der Waals surface area contributed by atoms with E-state index in [0.717, 1.165) is 0 Å². The molecule has 2 heteroatoms. The van der Waals surface area contributed by atoms with Crippen LogP contribution in [0.15, 0.2) is 42.5 Å². The molecule has 2 aromatic rings. The van der Waals surface area contributed by atoms with Crippen LogP contribution in [0.1, 0.15) is 36.0 Å². The van der Waals surface area contributed by atoms with Gasteiger partial charge in [-0.25, -0.2) is 0 Å². The first-order valence-corrected chi connectivity index (χ1v) is 7.41. The van der Waals surface area contributed by atoms with Crippen LogP contribution >= 0.6 is 23.2 Å². The quantitative estimate of drug-likeness (QED) is 0.658. The Morgan fingerprint density at radius 3 is 2.26 bits per heavy atom. The van der Waals surface area contributed by atoms with Crippen LogP contribution in [0.25, 0.3) is 0 Å². The molecule has 1 saturated carbocycles. The van der Waals surface area contributed by atoms with Gasteiger partial charge in [-0.15, -0.1) is 0 Å². The zero-order valence-corrected chi connectivity index (χ0v) is 12.4. The fraction of sp³-hybridized carbons (Fsp3) is 0.294. The highest BCUT2D eigenvalue weighted by Gasteiger charge is 2.41. The van der Waals surface area contributed by atoms with Crippen molar-refractivity contribution in [2.45, 2.75) is 31.6 Å². The number of benzene rings is 2. The largest absolute Gasteiger partial charge is 0.0827 e. The first-order chi connectivity index (χ1) is 9.13. The smallest absolute Gasteiger partial charge is 0.0595 e. The standard InChI is InChI=1S/C17H16Cl2/c1-12-5-2-3-6-14(12)17(9-4-10-17)13-7-8-15(18)16(19)11-13/h2-3,5-8,11H,4,9-10H2,1H3. The molecule has 0 saturated heterocycles. The molecule has 2 aromatic carbocycles. The Morgan fingerprint density at radius 2 is 1.68 bits per heavy atom. The molecule has 0 aromatic heterocycles. The summed E-state index contributed by atoms with van der Waals surface area (Å²) in [5.41, 5.74) is 4.22. The first-order valence-electron chi connectivity index (χ1n) is 6.65. The van der Waals surface area contributed by atoms with Gasteiger partial charge >= 0.3 is 0 Å². The molecule has 19 heavy (non-hydrogen) atoms. The van der Waals surface area contributed by atoms with Gasteiger partial charge in [0, 0.05) is 5.41 Å². The lowest BCUT2D eigenvalue weighted by Gasteiger charge is -2.44. The van der Waals surface area contributed by atoms with Crippen molar-refractivity contribution < 1.29 is 0 Å². The Morgan fingerprint density at radius 1 is 0.947 bits per heavy atom. The SMILES string of the molecule is Cc1ccccc1C1(c2ccc(Cl)c(Cl)c2)CCC1. The number of rotatable bonds is 2. The van der Waals surface area contributed by atoms with E-state index in [1.54, 1.807) is 0 Å². The third kappa shape index (κ3) is 2.07. The molecule has 0 atom stereocenters. The van der Waals surface area contributed by atoms with Crippen molar-refractivity contribution in [3.63, 3.8) is 0 Å². The maximum atomic E-state index is 6.20. The van der Waals surface area contributed by atoms with Crippen molar-refractivity contribution in [2.75, 3.05) is 0 Å². The van der Waals surface area contributed by atoms with E-state index < -0.39 is 0 Å². The van der Waals surface area contributed by atoms with Crippen LogP contribution in [0.3, 0.4) is 0 Å². The maximum absolute atomic E-state index is 6.20. The molecular formula is C17H16Cl2. The van der Waals surface area contributed by atoms with Crippen LogP contribution in [-0.2, 0) is 5.41 Å². The van der Waals surface area contributed by atoms with Gasteiger partial charge in [-0.3, -0.25) is 0 Å². The fourth-order valence-electron chi connectivity index (χ4n) is 3.15. The molecule has 0 radical (unpaired) electrons. The van der Waals surface area contributed by atoms with Crippen LogP contribution in [-0.4, -0.2) is 0 Å². The molecule has 98 valence electrons. The molecular weight excluding hydrogens is 275 g/mol. The maximum Gasteiger partial charge on any atom is 0.0595 e. The van der Waals surface area contributed by atoms with E-state index in [1.165, 1.54) is 36.0 Å². The highest BCUT2D eigenvalue weighted by Crippen LogP contribution is 2.50. The summed E-state index contributed by atoms with van der Waals surface area (Å²) in [4.78, 5) is 0. The van der Waals surface area contributed by atoms with E-state index in [9.17, 15) is 0 Å². The Balaban J connectivity index is 2.13. The van der Waals surface area contributed by atoms with Gasteiger partial charge in [0.1, 0.15) is 0 Å². The van der Waals surface area contributed by atoms with Gasteiger partial charge in [0.15, 0.2) is 0 Å². The lowest BCUT2D eigenvalue weighted by Crippen LogP contribution is -2.36. The minimum Gasteiger partial charge on any atom is -0.0827 e. The lowest BCUT2D eigenvalue weighted by atomic mass is 9.60. The van der Waals surface area contributed by atoms with Gasteiger partial charge in [-0.1, -0.05) is 60.0 Å². The average Bonchev–Trinajstić information content (AvgIpc) is 2.34. The Bertz CT molecular complexity index is 612. The van der Waals surface area contributed by atoms with E-state index in [2.05, 4.69) is 37.3 Å². The van der Waals surface area contributed by atoms with Gasteiger partial charge in [0.25, 0.3) is 0 Å². The molecule has 0 aliphatic heterocycles. The Labute approximate surface area is 124 Å². The monoisotopic (exact) mass is 290 g/mol. The van der Waals surface area contributed by atoms with Crippen LogP contribution in [0, 0.1) is 6.92 Å². The molecule has 1 aliphatic carbocycles. The van der Waals surface area contributed by atoms with Gasteiger partial charge in [-0.2, -0.15) is 0 Å². The summed E-state index contributed by atoms with van der Waals surface area (Å²) in [5, 5.41) is 1.28. The lowest BCUT2D eigenvalue weighted by molar-refractivity contribution is 0.300. The van der Waals surface area contributed by atoms with Gasteiger partial charge in [0.2, 0.25) is 0 Å². The van der Waals surface area contributed by atoms with Gasteiger partial charge < -0.3 is 0 Å². The Kier molecular flexibility index (Phi) is 3.32. The van der Waals surface area contributed by atoms with Crippen molar-refractivity contribution in [3.05, 3.63) is 69.2 Å². The number of halogens is 2. The average molecular weight is 291 g/mol. The molecule has 1 aliphatic rings. The fourth-order valence-corrected chi connectivity index (χ4v) is 3.45. The summed E-state index contributed by atoms with van der Waals surface area (Å²) >= 11 is 12.2. The molecule has 0 amide bonds. The summed E-state index contributed by atoms with van der Waals surface area (Å²) in [5.74, 6) is 0. The van der Waals surface area contributed by atoms with Gasteiger partial charge in [-0.05, 0) is 48.6 Å². The number of hydrogen-bond acceptors (Lipinski definition) is 0. The predicted octanol–water partition coefficient (Wildman–Crippen LogP) is 5.77. The third-order valence-electron chi connectivity index (χ3n) is 4.34. The zero-order chi connectivity index (χ0) is 13.5. The first kappa shape index (κ1) is 13.0.